The molecule has 0 aliphatic carbocycles. The topological polar surface area (TPSA) is 68.5 Å². The Labute approximate surface area is 139 Å². The Balaban J connectivity index is 2.89. The van der Waals surface area contributed by atoms with Gasteiger partial charge < -0.3 is 14.0 Å². The first-order chi connectivity index (χ1) is 11.1. The summed E-state index contributed by atoms with van der Waals surface area (Å²) < 4.78 is 29.7. The highest BCUT2D eigenvalue weighted by atomic mass is 31.2. The number of nitrogens with zero attached hydrogens (tertiary/aromatic N) is 1. The van der Waals surface area contributed by atoms with E-state index in [-0.39, 0.29) is 12.8 Å². The third-order valence-corrected chi connectivity index (χ3v) is 5.86. The van der Waals surface area contributed by atoms with Crippen molar-refractivity contribution in [2.45, 2.75) is 33.2 Å². The van der Waals surface area contributed by atoms with E-state index >= 15 is 0 Å². The fraction of sp³-hybridized carbons (Fsp3) is 0.588. The zero-order chi connectivity index (χ0) is 17.1. The van der Waals surface area contributed by atoms with Crippen LogP contribution in [-0.2, 0) is 25.0 Å². The third-order valence-electron chi connectivity index (χ3n) is 3.27. The highest BCUT2D eigenvalue weighted by Crippen LogP contribution is 2.54. The van der Waals surface area contributed by atoms with Gasteiger partial charge in [-0.05, 0) is 32.8 Å². The summed E-state index contributed by atoms with van der Waals surface area (Å²) in [6.45, 7) is 6.44. The highest BCUT2D eigenvalue weighted by molar-refractivity contribution is 7.59. The average molecular weight is 339 g/mol. The minimum atomic E-state index is -3.24. The highest BCUT2D eigenvalue weighted by Gasteiger charge is 2.38. The van der Waals surface area contributed by atoms with Gasteiger partial charge in [0.05, 0.1) is 18.6 Å². The third kappa shape index (κ3) is 6.45. The van der Waals surface area contributed by atoms with Crippen LogP contribution in [0.4, 0.5) is 0 Å². The monoisotopic (exact) mass is 339 g/mol. The Morgan fingerprint density at radius 1 is 1.09 bits per heavy atom. The van der Waals surface area contributed by atoms with Crippen LogP contribution in [-0.4, -0.2) is 32.0 Å². The Morgan fingerprint density at radius 2 is 1.70 bits per heavy atom. The zero-order valence-electron chi connectivity index (χ0n) is 14.1. The standard InChI is InChI=1S/C17H26NO4P/c1-4-20-17(21-5-2)23(19,22-6-3)14-16(13-18)12-15-10-8-7-9-11-15/h7-11,16-17H,4-6,12,14H2,1-3H3. The number of ether oxygens (including phenoxy) is 2. The van der Waals surface area contributed by atoms with Gasteiger partial charge in [0.1, 0.15) is 0 Å². The summed E-state index contributed by atoms with van der Waals surface area (Å²) >= 11 is 0. The van der Waals surface area contributed by atoms with Crippen LogP contribution in [0.5, 0.6) is 0 Å². The summed E-state index contributed by atoms with van der Waals surface area (Å²) in [6, 6.07) is 11.0. The molecule has 0 fully saturated rings. The molecule has 2 unspecified atom stereocenters. The molecule has 0 aliphatic rings. The quantitative estimate of drug-likeness (QED) is 0.449. The maximum Gasteiger partial charge on any atom is 0.258 e. The molecule has 128 valence electrons. The Hall–Kier alpha value is -1.18. The molecule has 0 bridgehead atoms. The van der Waals surface area contributed by atoms with Gasteiger partial charge in [-0.1, -0.05) is 30.3 Å². The van der Waals surface area contributed by atoms with E-state index < -0.39 is 19.3 Å². The van der Waals surface area contributed by atoms with Gasteiger partial charge in [0, 0.05) is 19.4 Å². The van der Waals surface area contributed by atoms with Gasteiger partial charge in [0.25, 0.3) is 7.37 Å². The van der Waals surface area contributed by atoms with E-state index in [1.807, 2.05) is 44.2 Å². The van der Waals surface area contributed by atoms with Crippen LogP contribution in [0.3, 0.4) is 0 Å². The summed E-state index contributed by atoms with van der Waals surface area (Å²) in [5.74, 6) is -0.418. The van der Waals surface area contributed by atoms with E-state index in [1.54, 1.807) is 6.92 Å². The molecule has 1 aromatic rings. The Morgan fingerprint density at radius 3 is 2.17 bits per heavy atom. The molecule has 0 saturated carbocycles. The second kappa shape index (κ2) is 10.6. The maximum atomic E-state index is 13.2. The molecular formula is C17H26NO4P. The van der Waals surface area contributed by atoms with Crippen molar-refractivity contribution in [3.05, 3.63) is 35.9 Å². The molecule has 2 atom stereocenters. The lowest BCUT2D eigenvalue weighted by molar-refractivity contribution is -0.0890. The predicted molar refractivity (Wildman–Crippen MR) is 90.4 cm³/mol. The van der Waals surface area contributed by atoms with Crippen molar-refractivity contribution in [1.82, 2.24) is 0 Å². The SMILES string of the molecule is CCOC(OCC)P(=O)(CC(C#N)Cc1ccccc1)OCC. The largest absolute Gasteiger partial charge is 0.345 e. The van der Waals surface area contributed by atoms with Crippen LogP contribution < -0.4 is 0 Å². The van der Waals surface area contributed by atoms with Gasteiger partial charge in [-0.25, -0.2) is 0 Å². The number of rotatable bonds is 11. The molecule has 0 saturated heterocycles. The molecule has 0 N–H and O–H groups in total. The van der Waals surface area contributed by atoms with Crippen LogP contribution in [0.25, 0.3) is 0 Å². The first-order valence-corrected chi connectivity index (χ1v) is 9.87. The first-order valence-electron chi connectivity index (χ1n) is 7.99. The number of benzene rings is 1. The van der Waals surface area contributed by atoms with E-state index in [0.717, 1.165) is 5.56 Å². The van der Waals surface area contributed by atoms with Crippen molar-refractivity contribution in [3.63, 3.8) is 0 Å². The summed E-state index contributed by atoms with van der Waals surface area (Å²) in [6.07, 6.45) is 0.649. The fourth-order valence-electron chi connectivity index (χ4n) is 2.34. The van der Waals surface area contributed by atoms with E-state index in [2.05, 4.69) is 6.07 Å². The average Bonchev–Trinajstić information content (AvgIpc) is 2.55. The first kappa shape index (κ1) is 19.9. The minimum Gasteiger partial charge on any atom is -0.345 e. The lowest BCUT2D eigenvalue weighted by Crippen LogP contribution is -2.24. The van der Waals surface area contributed by atoms with E-state index in [9.17, 15) is 9.83 Å². The van der Waals surface area contributed by atoms with Gasteiger partial charge in [-0.2, -0.15) is 5.26 Å². The molecule has 0 radical (unpaired) electrons. The maximum absolute atomic E-state index is 13.2. The van der Waals surface area contributed by atoms with Crippen molar-refractivity contribution >= 4 is 7.37 Å². The van der Waals surface area contributed by atoms with Crippen LogP contribution >= 0.6 is 7.37 Å². The number of hydrogen-bond donors (Lipinski definition) is 0. The van der Waals surface area contributed by atoms with E-state index in [1.165, 1.54) is 0 Å². The van der Waals surface area contributed by atoms with Crippen LogP contribution in [0.1, 0.15) is 26.3 Å². The second-order valence-corrected chi connectivity index (χ2v) is 7.56. The van der Waals surface area contributed by atoms with Crippen molar-refractivity contribution in [3.8, 4) is 6.07 Å². The van der Waals surface area contributed by atoms with Gasteiger partial charge in [-0.15, -0.1) is 0 Å². The zero-order valence-corrected chi connectivity index (χ0v) is 15.0. The summed E-state index contributed by atoms with van der Waals surface area (Å²) in [7, 11) is -3.24. The smallest absolute Gasteiger partial charge is 0.258 e. The van der Waals surface area contributed by atoms with E-state index in [4.69, 9.17) is 14.0 Å². The Kier molecular flexibility index (Phi) is 9.13. The van der Waals surface area contributed by atoms with Crippen molar-refractivity contribution in [1.29, 1.82) is 5.26 Å². The fourth-order valence-corrected chi connectivity index (χ4v) is 4.75. The normalized spacial score (nSPS) is 15.1. The van der Waals surface area contributed by atoms with Gasteiger partial charge in [0.2, 0.25) is 6.03 Å². The molecule has 1 rings (SSSR count). The van der Waals surface area contributed by atoms with Gasteiger partial charge in [0.15, 0.2) is 0 Å². The van der Waals surface area contributed by atoms with Crippen molar-refractivity contribution in [2.75, 3.05) is 26.0 Å². The van der Waals surface area contributed by atoms with Crippen LogP contribution in [0, 0.1) is 17.2 Å². The van der Waals surface area contributed by atoms with Crippen molar-refractivity contribution < 1.29 is 18.6 Å². The molecule has 1 aromatic carbocycles. The second-order valence-electron chi connectivity index (χ2n) is 5.06. The molecule has 0 aromatic heterocycles. The molecule has 0 amide bonds. The minimum absolute atomic E-state index is 0.122. The molecule has 23 heavy (non-hydrogen) atoms. The summed E-state index contributed by atoms with van der Waals surface area (Å²) in [4.78, 5) is 0. The molecule has 6 heteroatoms. The summed E-state index contributed by atoms with van der Waals surface area (Å²) in [5.41, 5.74) is 1.03. The van der Waals surface area contributed by atoms with Crippen LogP contribution in [0.2, 0.25) is 0 Å². The van der Waals surface area contributed by atoms with Crippen molar-refractivity contribution in [2.24, 2.45) is 5.92 Å². The molecular weight excluding hydrogens is 313 g/mol. The lowest BCUT2D eigenvalue weighted by atomic mass is 10.0. The number of nitriles is 1. The Bertz CT molecular complexity index is 523. The summed E-state index contributed by atoms with van der Waals surface area (Å²) in [5, 5.41) is 9.45. The molecule has 0 aliphatic heterocycles. The number of hydrogen-bond acceptors (Lipinski definition) is 5. The van der Waals surface area contributed by atoms with Gasteiger partial charge in [-0.3, -0.25) is 4.57 Å². The molecule has 0 spiro atoms. The lowest BCUT2D eigenvalue weighted by Gasteiger charge is -2.28. The predicted octanol–water partition coefficient (Wildman–Crippen LogP) is 4.04. The van der Waals surface area contributed by atoms with E-state index in [0.29, 0.717) is 19.6 Å². The van der Waals surface area contributed by atoms with Gasteiger partial charge >= 0.3 is 0 Å². The molecule has 5 nitrogen and oxygen atoms in total. The van der Waals surface area contributed by atoms with Crippen LogP contribution in [0.15, 0.2) is 30.3 Å². The molecule has 0 heterocycles.